The van der Waals surface area contributed by atoms with Gasteiger partial charge in [0, 0.05) is 18.2 Å². The summed E-state index contributed by atoms with van der Waals surface area (Å²) in [6, 6.07) is 17.1. The van der Waals surface area contributed by atoms with E-state index in [0.717, 1.165) is 63.5 Å². The molecule has 0 amide bonds. The van der Waals surface area contributed by atoms with Crippen molar-refractivity contribution in [2.75, 3.05) is 19.8 Å². The Bertz CT molecular complexity index is 716. The lowest BCUT2D eigenvalue weighted by Gasteiger charge is -2.15. The Morgan fingerprint density at radius 2 is 1.33 bits per heavy atom. The molecule has 2 aromatic carbocycles. The summed E-state index contributed by atoms with van der Waals surface area (Å²) in [7, 11) is 0. The summed E-state index contributed by atoms with van der Waals surface area (Å²) in [5.74, 6) is 1.91. The minimum absolute atomic E-state index is 0.783. The molecule has 0 aliphatic rings. The maximum absolute atomic E-state index is 6.22. The van der Waals surface area contributed by atoms with Crippen molar-refractivity contribution >= 4 is 0 Å². The zero-order chi connectivity index (χ0) is 23.4. The van der Waals surface area contributed by atoms with Gasteiger partial charge in [0.2, 0.25) is 0 Å². The van der Waals surface area contributed by atoms with Crippen molar-refractivity contribution in [3.8, 4) is 11.5 Å². The van der Waals surface area contributed by atoms with Crippen LogP contribution in [-0.2, 0) is 13.0 Å². The first-order valence-corrected chi connectivity index (χ1v) is 13.5. The number of hydrogen-bond acceptors (Lipinski definition) is 3. The first kappa shape index (κ1) is 27.2. The number of hydrogen-bond donors (Lipinski definition) is 1. The number of aryl methyl sites for hydroxylation is 1. The molecule has 2 aromatic rings. The molecule has 0 aromatic heterocycles. The standard InChI is InChI=1S/C30H47NO2/c1-3-5-7-9-14-23-32-29-21-20-28(30(25-29)33-24-15-10-8-6-4-2)26-31-22-16-19-27-17-12-11-13-18-27/h11-13,17-18,20-21,25,31H,3-10,14-16,19,22-24,26H2,1-2H3. The van der Waals surface area contributed by atoms with Gasteiger partial charge in [-0.05, 0) is 43.9 Å². The van der Waals surface area contributed by atoms with Crippen LogP contribution in [0.1, 0.15) is 95.6 Å². The summed E-state index contributed by atoms with van der Waals surface area (Å²) in [5, 5.41) is 3.60. The molecule has 3 heteroatoms. The van der Waals surface area contributed by atoms with Gasteiger partial charge in [0.25, 0.3) is 0 Å². The fourth-order valence-electron chi connectivity index (χ4n) is 3.97. The first-order valence-electron chi connectivity index (χ1n) is 13.5. The monoisotopic (exact) mass is 453 g/mol. The second kappa shape index (κ2) is 18.4. The second-order valence-corrected chi connectivity index (χ2v) is 9.06. The molecule has 0 atom stereocenters. The van der Waals surface area contributed by atoms with Crippen LogP contribution in [0.4, 0.5) is 0 Å². The van der Waals surface area contributed by atoms with E-state index in [0.29, 0.717) is 0 Å². The average molecular weight is 454 g/mol. The third kappa shape index (κ3) is 12.7. The van der Waals surface area contributed by atoms with Crippen molar-refractivity contribution < 1.29 is 9.47 Å². The Kier molecular flexibility index (Phi) is 15.2. The van der Waals surface area contributed by atoms with Gasteiger partial charge in [0.05, 0.1) is 13.2 Å². The highest BCUT2D eigenvalue weighted by Crippen LogP contribution is 2.26. The van der Waals surface area contributed by atoms with Gasteiger partial charge in [-0.1, -0.05) is 102 Å². The molecule has 0 heterocycles. The summed E-state index contributed by atoms with van der Waals surface area (Å²) < 4.78 is 12.3. The van der Waals surface area contributed by atoms with Crippen LogP contribution in [0.25, 0.3) is 0 Å². The van der Waals surface area contributed by atoms with E-state index in [2.05, 4.69) is 67.7 Å². The quantitative estimate of drug-likeness (QED) is 0.205. The average Bonchev–Trinajstić information content (AvgIpc) is 2.85. The van der Waals surface area contributed by atoms with Gasteiger partial charge in [-0.2, -0.15) is 0 Å². The van der Waals surface area contributed by atoms with Crippen LogP contribution in [0.15, 0.2) is 48.5 Å². The molecule has 0 bridgehead atoms. The van der Waals surface area contributed by atoms with E-state index in [9.17, 15) is 0 Å². The maximum Gasteiger partial charge on any atom is 0.127 e. The molecule has 0 saturated heterocycles. The van der Waals surface area contributed by atoms with Gasteiger partial charge < -0.3 is 14.8 Å². The number of ether oxygens (including phenoxy) is 2. The summed E-state index contributed by atoms with van der Waals surface area (Å²) in [6.07, 6.45) is 14.8. The van der Waals surface area contributed by atoms with Crippen LogP contribution < -0.4 is 14.8 Å². The topological polar surface area (TPSA) is 30.5 Å². The molecule has 1 N–H and O–H groups in total. The van der Waals surface area contributed by atoms with E-state index < -0.39 is 0 Å². The Hall–Kier alpha value is -2.00. The molecule has 0 unspecified atom stereocenters. The van der Waals surface area contributed by atoms with E-state index in [4.69, 9.17) is 9.47 Å². The van der Waals surface area contributed by atoms with Gasteiger partial charge in [0.1, 0.15) is 11.5 Å². The number of benzene rings is 2. The van der Waals surface area contributed by atoms with Gasteiger partial charge in [0.15, 0.2) is 0 Å². The highest BCUT2D eigenvalue weighted by Gasteiger charge is 2.07. The van der Waals surface area contributed by atoms with Gasteiger partial charge in [-0.15, -0.1) is 0 Å². The van der Waals surface area contributed by atoms with Crippen LogP contribution in [0.3, 0.4) is 0 Å². The molecule has 3 nitrogen and oxygen atoms in total. The van der Waals surface area contributed by atoms with Crippen molar-refractivity contribution in [1.82, 2.24) is 5.32 Å². The molecule has 0 aliphatic heterocycles. The lowest BCUT2D eigenvalue weighted by molar-refractivity contribution is 0.287. The van der Waals surface area contributed by atoms with Crippen LogP contribution in [-0.4, -0.2) is 19.8 Å². The third-order valence-corrected chi connectivity index (χ3v) is 6.04. The molecule has 184 valence electrons. The molecule has 0 saturated carbocycles. The first-order chi connectivity index (χ1) is 16.3. The van der Waals surface area contributed by atoms with Crippen molar-refractivity contribution in [2.24, 2.45) is 0 Å². The lowest BCUT2D eigenvalue weighted by atomic mass is 10.1. The maximum atomic E-state index is 6.22. The molecular weight excluding hydrogens is 406 g/mol. The summed E-state index contributed by atoms with van der Waals surface area (Å²) in [4.78, 5) is 0. The Morgan fingerprint density at radius 1 is 0.667 bits per heavy atom. The van der Waals surface area contributed by atoms with E-state index >= 15 is 0 Å². The lowest BCUT2D eigenvalue weighted by Crippen LogP contribution is -2.16. The Labute approximate surface area is 203 Å². The van der Waals surface area contributed by atoms with Crippen LogP contribution >= 0.6 is 0 Å². The molecule has 0 radical (unpaired) electrons. The zero-order valence-corrected chi connectivity index (χ0v) is 21.2. The Morgan fingerprint density at radius 3 is 2.03 bits per heavy atom. The predicted octanol–water partition coefficient (Wildman–Crippen LogP) is 8.11. The molecule has 2 rings (SSSR count). The van der Waals surface area contributed by atoms with E-state index in [1.165, 1.54) is 62.5 Å². The van der Waals surface area contributed by atoms with Crippen molar-refractivity contribution in [1.29, 1.82) is 0 Å². The molecule has 33 heavy (non-hydrogen) atoms. The fourth-order valence-corrected chi connectivity index (χ4v) is 3.97. The number of nitrogens with one attached hydrogen (secondary N) is 1. The summed E-state index contributed by atoms with van der Waals surface area (Å²) in [6.45, 7) is 7.91. The fraction of sp³-hybridized carbons (Fsp3) is 0.600. The second-order valence-electron chi connectivity index (χ2n) is 9.06. The molecule has 0 spiro atoms. The highest BCUT2D eigenvalue weighted by molar-refractivity contribution is 5.40. The zero-order valence-electron chi connectivity index (χ0n) is 21.2. The van der Waals surface area contributed by atoms with Crippen LogP contribution in [0, 0.1) is 0 Å². The van der Waals surface area contributed by atoms with Crippen LogP contribution in [0.5, 0.6) is 11.5 Å². The number of unbranched alkanes of at least 4 members (excludes halogenated alkanes) is 8. The van der Waals surface area contributed by atoms with E-state index in [1.807, 2.05) is 0 Å². The molecule has 0 fully saturated rings. The summed E-state index contributed by atoms with van der Waals surface area (Å²) >= 11 is 0. The van der Waals surface area contributed by atoms with Crippen LogP contribution in [0.2, 0.25) is 0 Å². The van der Waals surface area contributed by atoms with E-state index in [1.54, 1.807) is 0 Å². The smallest absolute Gasteiger partial charge is 0.127 e. The summed E-state index contributed by atoms with van der Waals surface area (Å²) in [5.41, 5.74) is 2.63. The normalized spacial score (nSPS) is 11.0. The minimum Gasteiger partial charge on any atom is -0.493 e. The van der Waals surface area contributed by atoms with Crippen molar-refractivity contribution in [3.05, 3.63) is 59.7 Å². The van der Waals surface area contributed by atoms with Gasteiger partial charge >= 0.3 is 0 Å². The van der Waals surface area contributed by atoms with Gasteiger partial charge in [-0.3, -0.25) is 0 Å². The highest BCUT2D eigenvalue weighted by atomic mass is 16.5. The third-order valence-electron chi connectivity index (χ3n) is 6.04. The SMILES string of the molecule is CCCCCCCOc1ccc(CNCCCc2ccccc2)c(OCCCCCCC)c1. The van der Waals surface area contributed by atoms with E-state index in [-0.39, 0.29) is 0 Å². The molecular formula is C30H47NO2. The largest absolute Gasteiger partial charge is 0.493 e. The minimum atomic E-state index is 0.783. The van der Waals surface area contributed by atoms with Crippen molar-refractivity contribution in [3.63, 3.8) is 0 Å². The predicted molar refractivity (Wildman–Crippen MR) is 141 cm³/mol. The van der Waals surface area contributed by atoms with Gasteiger partial charge in [-0.25, -0.2) is 0 Å². The number of rotatable bonds is 20. The Balaban J connectivity index is 1.79. The van der Waals surface area contributed by atoms with Crippen molar-refractivity contribution in [2.45, 2.75) is 97.4 Å². The molecule has 0 aliphatic carbocycles.